The van der Waals surface area contributed by atoms with Crippen LogP contribution in [0, 0.1) is 0 Å². The van der Waals surface area contributed by atoms with Crippen LogP contribution in [0.5, 0.6) is 0 Å². The molecule has 0 spiro atoms. The van der Waals surface area contributed by atoms with E-state index in [9.17, 15) is 8.42 Å². The van der Waals surface area contributed by atoms with Crippen molar-refractivity contribution >= 4 is 37.3 Å². The monoisotopic (exact) mass is 372 g/mol. The number of fused-ring (bicyclic) bond motifs is 1. The van der Waals surface area contributed by atoms with Crippen LogP contribution in [0.2, 0.25) is 0 Å². The van der Waals surface area contributed by atoms with Gasteiger partial charge >= 0.3 is 0 Å². The Labute approximate surface area is 130 Å². The van der Waals surface area contributed by atoms with Crippen molar-refractivity contribution in [3.8, 4) is 0 Å². The quantitative estimate of drug-likeness (QED) is 0.866. The molecule has 0 unspecified atom stereocenters. The first-order valence-corrected chi connectivity index (χ1v) is 9.26. The highest BCUT2D eigenvalue weighted by molar-refractivity contribution is 9.10. The summed E-state index contributed by atoms with van der Waals surface area (Å²) in [5.74, 6) is 0. The fraction of sp³-hybridized carbons (Fsp3) is 0.231. The molecule has 0 saturated carbocycles. The van der Waals surface area contributed by atoms with E-state index in [0.717, 1.165) is 28.0 Å². The van der Waals surface area contributed by atoms with Crippen LogP contribution in [-0.2, 0) is 29.7 Å². The van der Waals surface area contributed by atoms with Crippen molar-refractivity contribution in [2.24, 2.45) is 0 Å². The fourth-order valence-electron chi connectivity index (χ4n) is 2.13. The number of rotatable bonds is 4. The van der Waals surface area contributed by atoms with Crippen LogP contribution in [-0.4, -0.2) is 8.42 Å². The van der Waals surface area contributed by atoms with Gasteiger partial charge in [-0.3, -0.25) is 0 Å². The number of nitrogens with one attached hydrogen (secondary N) is 2. The second-order valence-corrected chi connectivity index (χ2v) is 8.17. The zero-order valence-electron chi connectivity index (χ0n) is 10.5. The first-order chi connectivity index (χ1) is 9.56. The maximum atomic E-state index is 12.3. The molecule has 3 rings (SSSR count). The molecule has 1 aromatic carbocycles. The normalized spacial score (nSPS) is 14.4. The molecule has 7 heteroatoms. The highest BCUT2D eigenvalue weighted by atomic mass is 79.9. The molecule has 1 aliphatic rings. The summed E-state index contributed by atoms with van der Waals surface area (Å²) < 4.78 is 28.2. The van der Waals surface area contributed by atoms with Crippen LogP contribution in [0.4, 0.5) is 0 Å². The Morgan fingerprint density at radius 1 is 1.25 bits per heavy atom. The van der Waals surface area contributed by atoms with E-state index in [0.29, 0.717) is 11.4 Å². The van der Waals surface area contributed by atoms with Crippen LogP contribution < -0.4 is 10.0 Å². The topological polar surface area (TPSA) is 58.2 Å². The van der Waals surface area contributed by atoms with E-state index in [1.807, 2.05) is 17.5 Å². The van der Waals surface area contributed by atoms with Crippen molar-refractivity contribution in [2.75, 3.05) is 0 Å². The van der Waals surface area contributed by atoms with Gasteiger partial charge in [-0.15, -0.1) is 11.3 Å². The minimum absolute atomic E-state index is 0.302. The number of thiophene rings is 1. The van der Waals surface area contributed by atoms with Gasteiger partial charge in [0.2, 0.25) is 10.0 Å². The molecule has 2 aromatic rings. The van der Waals surface area contributed by atoms with E-state index in [1.54, 1.807) is 12.1 Å². The molecular formula is C13H13BrN2O2S2. The number of hydrogen-bond acceptors (Lipinski definition) is 4. The van der Waals surface area contributed by atoms with Crippen molar-refractivity contribution in [1.29, 1.82) is 0 Å². The second kappa shape index (κ2) is 5.57. The molecule has 0 amide bonds. The van der Waals surface area contributed by atoms with E-state index < -0.39 is 10.0 Å². The first-order valence-electron chi connectivity index (χ1n) is 6.10. The molecule has 0 atom stereocenters. The lowest BCUT2D eigenvalue weighted by molar-refractivity contribution is 0.581. The third-order valence-electron chi connectivity index (χ3n) is 3.23. The Balaban J connectivity index is 1.80. The highest BCUT2D eigenvalue weighted by Crippen LogP contribution is 2.24. The molecule has 1 aromatic heterocycles. The summed E-state index contributed by atoms with van der Waals surface area (Å²) in [5.41, 5.74) is 2.23. The van der Waals surface area contributed by atoms with Gasteiger partial charge in [-0.1, -0.05) is 6.07 Å². The van der Waals surface area contributed by atoms with Crippen molar-refractivity contribution in [3.05, 3.63) is 50.1 Å². The Morgan fingerprint density at radius 3 is 2.80 bits per heavy atom. The summed E-state index contributed by atoms with van der Waals surface area (Å²) in [6, 6.07) is 7.21. The van der Waals surface area contributed by atoms with E-state index in [1.165, 1.54) is 16.9 Å². The molecule has 0 bridgehead atoms. The van der Waals surface area contributed by atoms with E-state index in [-0.39, 0.29) is 0 Å². The molecule has 2 N–H and O–H groups in total. The molecule has 1 aliphatic heterocycles. The van der Waals surface area contributed by atoms with Gasteiger partial charge in [-0.25, -0.2) is 13.1 Å². The van der Waals surface area contributed by atoms with Crippen molar-refractivity contribution in [2.45, 2.75) is 24.5 Å². The average Bonchev–Trinajstić information content (AvgIpc) is 3.04. The minimum Gasteiger partial charge on any atom is -0.309 e. The number of hydrogen-bond donors (Lipinski definition) is 2. The second-order valence-electron chi connectivity index (χ2n) is 4.55. The largest absolute Gasteiger partial charge is 0.309 e. The average molecular weight is 373 g/mol. The molecule has 20 heavy (non-hydrogen) atoms. The highest BCUT2D eigenvalue weighted by Gasteiger charge is 2.18. The standard InChI is InChI=1S/C13H13BrN2O2S2/c14-12-3-4-19-13(12)8-16-20(17,18)11-2-1-9-6-15-7-10(9)5-11/h1-5,15-16H,6-8H2. The molecule has 2 heterocycles. The molecular weight excluding hydrogens is 360 g/mol. The predicted molar refractivity (Wildman–Crippen MR) is 83.0 cm³/mol. The van der Waals surface area contributed by atoms with Crippen LogP contribution >= 0.6 is 27.3 Å². The summed E-state index contributed by atoms with van der Waals surface area (Å²) in [6.07, 6.45) is 0. The van der Waals surface area contributed by atoms with E-state index >= 15 is 0 Å². The molecule has 0 saturated heterocycles. The molecule has 4 nitrogen and oxygen atoms in total. The smallest absolute Gasteiger partial charge is 0.240 e. The summed E-state index contributed by atoms with van der Waals surface area (Å²) in [5, 5.41) is 5.13. The van der Waals surface area contributed by atoms with Crippen LogP contribution in [0.1, 0.15) is 16.0 Å². The summed E-state index contributed by atoms with van der Waals surface area (Å²) in [4.78, 5) is 1.30. The first kappa shape index (κ1) is 14.2. The van der Waals surface area contributed by atoms with E-state index in [4.69, 9.17) is 0 Å². The van der Waals surface area contributed by atoms with Gasteiger partial charge in [0.05, 0.1) is 4.90 Å². The molecule has 0 aliphatic carbocycles. The third-order valence-corrected chi connectivity index (χ3v) is 6.56. The maximum absolute atomic E-state index is 12.3. The van der Waals surface area contributed by atoms with Gasteiger partial charge in [0.15, 0.2) is 0 Å². The van der Waals surface area contributed by atoms with Gasteiger partial charge in [-0.05, 0) is 50.6 Å². The minimum atomic E-state index is -3.47. The van der Waals surface area contributed by atoms with E-state index in [2.05, 4.69) is 26.0 Å². The zero-order valence-corrected chi connectivity index (χ0v) is 13.7. The summed E-state index contributed by atoms with van der Waals surface area (Å²) in [7, 11) is -3.47. The maximum Gasteiger partial charge on any atom is 0.240 e. The Kier molecular flexibility index (Phi) is 3.96. The third kappa shape index (κ3) is 2.82. The van der Waals surface area contributed by atoms with Gasteiger partial charge in [0, 0.05) is 29.0 Å². The lowest BCUT2D eigenvalue weighted by Gasteiger charge is -2.08. The van der Waals surface area contributed by atoms with Gasteiger partial charge in [0.1, 0.15) is 0 Å². The SMILES string of the molecule is O=S(=O)(NCc1sccc1Br)c1ccc2c(c1)CNC2. The van der Waals surface area contributed by atoms with Crippen molar-refractivity contribution in [1.82, 2.24) is 10.0 Å². The Bertz CT molecular complexity index is 741. The number of sulfonamides is 1. The van der Waals surface area contributed by atoms with Crippen LogP contribution in [0.15, 0.2) is 39.0 Å². The van der Waals surface area contributed by atoms with Crippen molar-refractivity contribution < 1.29 is 8.42 Å². The Hall–Kier alpha value is -0.730. The van der Waals surface area contributed by atoms with Gasteiger partial charge < -0.3 is 5.32 Å². The fourth-order valence-corrected chi connectivity index (χ4v) is 4.70. The predicted octanol–water partition coefficient (Wildman–Crippen LogP) is 2.59. The van der Waals surface area contributed by atoms with Crippen molar-refractivity contribution in [3.63, 3.8) is 0 Å². The summed E-state index contributed by atoms with van der Waals surface area (Å²) in [6.45, 7) is 1.84. The van der Waals surface area contributed by atoms with Gasteiger partial charge in [-0.2, -0.15) is 0 Å². The summed E-state index contributed by atoms with van der Waals surface area (Å²) >= 11 is 4.92. The lowest BCUT2D eigenvalue weighted by Crippen LogP contribution is -2.23. The molecule has 106 valence electrons. The van der Waals surface area contributed by atoms with Crippen LogP contribution in [0.25, 0.3) is 0 Å². The zero-order chi connectivity index (χ0) is 14.2. The number of halogens is 1. The van der Waals surface area contributed by atoms with Crippen LogP contribution in [0.3, 0.4) is 0 Å². The lowest BCUT2D eigenvalue weighted by atomic mass is 10.1. The van der Waals surface area contributed by atoms with Gasteiger partial charge in [0.25, 0.3) is 0 Å². The molecule has 0 radical (unpaired) electrons. The molecule has 0 fully saturated rings. The number of benzene rings is 1. The Morgan fingerprint density at radius 2 is 2.05 bits per heavy atom.